The number of nitrogens with one attached hydrogen (secondary N) is 1. The lowest BCUT2D eigenvalue weighted by molar-refractivity contribution is -0.121. The van der Waals surface area contributed by atoms with Crippen LogP contribution in [0.2, 0.25) is 0 Å². The number of benzene rings is 2. The summed E-state index contributed by atoms with van der Waals surface area (Å²) in [5.41, 5.74) is 3.66. The van der Waals surface area contributed by atoms with E-state index in [1.807, 2.05) is 32.0 Å². The van der Waals surface area contributed by atoms with Gasteiger partial charge in [0.1, 0.15) is 13.1 Å². The van der Waals surface area contributed by atoms with E-state index < -0.39 is 0 Å². The monoisotopic (exact) mass is 351 g/mol. The quantitative estimate of drug-likeness (QED) is 0.923. The zero-order valence-corrected chi connectivity index (χ0v) is 15.1. The van der Waals surface area contributed by atoms with E-state index in [1.165, 1.54) is 9.80 Å². The summed E-state index contributed by atoms with van der Waals surface area (Å²) in [7, 11) is 1.58. The molecule has 0 bridgehead atoms. The van der Waals surface area contributed by atoms with Crippen LogP contribution in [0.3, 0.4) is 0 Å². The predicted octanol–water partition coefficient (Wildman–Crippen LogP) is 2.36. The molecule has 0 radical (unpaired) electrons. The molecule has 0 saturated heterocycles. The van der Waals surface area contributed by atoms with Gasteiger partial charge in [-0.3, -0.25) is 14.4 Å². The van der Waals surface area contributed by atoms with E-state index in [4.69, 9.17) is 0 Å². The number of anilines is 2. The molecule has 2 aromatic carbocycles. The molecule has 0 aliphatic carbocycles. The molecule has 0 saturated carbocycles. The Morgan fingerprint density at radius 1 is 1.08 bits per heavy atom. The summed E-state index contributed by atoms with van der Waals surface area (Å²) in [6.45, 7) is 3.70. The Bertz CT molecular complexity index is 892. The molecule has 0 unspecified atom stereocenters. The number of nitrogens with zero attached hydrogens (tertiary/aromatic N) is 2. The molecule has 6 nitrogen and oxygen atoms in total. The van der Waals surface area contributed by atoms with Crippen LogP contribution >= 0.6 is 0 Å². The van der Waals surface area contributed by atoms with Crippen molar-refractivity contribution in [1.82, 2.24) is 4.90 Å². The summed E-state index contributed by atoms with van der Waals surface area (Å²) in [5, 5.41) is 2.86. The molecule has 1 aliphatic rings. The lowest BCUT2D eigenvalue weighted by atomic mass is 10.1. The number of hydrogen-bond acceptors (Lipinski definition) is 3. The Morgan fingerprint density at radius 2 is 1.81 bits per heavy atom. The Balaban J connectivity index is 1.87. The molecule has 1 aliphatic heterocycles. The van der Waals surface area contributed by atoms with Gasteiger partial charge < -0.3 is 15.1 Å². The van der Waals surface area contributed by atoms with E-state index >= 15 is 0 Å². The van der Waals surface area contributed by atoms with E-state index in [9.17, 15) is 14.4 Å². The standard InChI is InChI=1S/C20H21N3O3/c1-13-7-6-9-16(14(13)2)21-18(24)11-23-17-10-5-4-8-15(17)20(26)22(3)12-19(23)25/h4-10H,11-12H2,1-3H3,(H,21,24). The van der Waals surface area contributed by atoms with Gasteiger partial charge in [-0.25, -0.2) is 0 Å². The molecule has 2 aromatic rings. The summed E-state index contributed by atoms with van der Waals surface area (Å²) in [4.78, 5) is 40.3. The minimum Gasteiger partial charge on any atom is -0.332 e. The van der Waals surface area contributed by atoms with E-state index in [1.54, 1.807) is 31.3 Å². The Labute approximate surface area is 152 Å². The summed E-state index contributed by atoms with van der Waals surface area (Å²) in [6.07, 6.45) is 0. The van der Waals surface area contributed by atoms with Crippen LogP contribution in [0.1, 0.15) is 21.5 Å². The van der Waals surface area contributed by atoms with Crippen LogP contribution in [0.5, 0.6) is 0 Å². The second kappa shape index (κ2) is 7.00. The van der Waals surface area contributed by atoms with Crippen molar-refractivity contribution >= 4 is 29.1 Å². The summed E-state index contributed by atoms with van der Waals surface area (Å²) in [5.74, 6) is -0.827. The second-order valence-corrected chi connectivity index (χ2v) is 6.45. The van der Waals surface area contributed by atoms with E-state index in [0.29, 0.717) is 11.3 Å². The SMILES string of the molecule is Cc1cccc(NC(=O)CN2C(=O)CN(C)C(=O)c3ccccc32)c1C. The Morgan fingerprint density at radius 3 is 2.58 bits per heavy atom. The van der Waals surface area contributed by atoms with Crippen molar-refractivity contribution in [3.8, 4) is 0 Å². The topological polar surface area (TPSA) is 69.7 Å². The average molecular weight is 351 g/mol. The molecule has 0 aromatic heterocycles. The summed E-state index contributed by atoms with van der Waals surface area (Å²) in [6, 6.07) is 12.5. The minimum atomic E-state index is -0.307. The third-order valence-corrected chi connectivity index (χ3v) is 4.63. The zero-order chi connectivity index (χ0) is 18.8. The first-order valence-electron chi connectivity index (χ1n) is 8.39. The lowest BCUT2D eigenvalue weighted by Gasteiger charge is -2.22. The second-order valence-electron chi connectivity index (χ2n) is 6.45. The largest absolute Gasteiger partial charge is 0.332 e. The molecule has 0 atom stereocenters. The number of para-hydroxylation sites is 1. The van der Waals surface area contributed by atoms with E-state index in [0.717, 1.165) is 16.8 Å². The van der Waals surface area contributed by atoms with Crippen LogP contribution < -0.4 is 10.2 Å². The number of fused-ring (bicyclic) bond motifs is 1. The number of hydrogen-bond donors (Lipinski definition) is 1. The number of rotatable bonds is 3. The maximum absolute atomic E-state index is 12.6. The van der Waals surface area contributed by atoms with Crippen molar-refractivity contribution in [2.24, 2.45) is 0 Å². The lowest BCUT2D eigenvalue weighted by Crippen LogP contribution is -2.41. The van der Waals surface area contributed by atoms with Crippen LogP contribution in [-0.2, 0) is 9.59 Å². The summed E-state index contributed by atoms with van der Waals surface area (Å²) >= 11 is 0. The molecule has 26 heavy (non-hydrogen) atoms. The van der Waals surface area contributed by atoms with Crippen molar-refractivity contribution < 1.29 is 14.4 Å². The number of likely N-dealkylation sites (N-methyl/N-ethyl adjacent to an activating group) is 1. The van der Waals surface area contributed by atoms with Gasteiger partial charge in [0.2, 0.25) is 11.8 Å². The molecule has 134 valence electrons. The Kier molecular flexibility index (Phi) is 4.75. The number of carbonyl (C=O) groups excluding carboxylic acids is 3. The molecule has 6 heteroatoms. The predicted molar refractivity (Wildman–Crippen MR) is 100 cm³/mol. The molecule has 3 amide bonds. The first-order valence-corrected chi connectivity index (χ1v) is 8.39. The van der Waals surface area contributed by atoms with Gasteiger partial charge in [-0.15, -0.1) is 0 Å². The van der Waals surface area contributed by atoms with Gasteiger partial charge in [0.25, 0.3) is 5.91 Å². The van der Waals surface area contributed by atoms with Crippen molar-refractivity contribution in [1.29, 1.82) is 0 Å². The van der Waals surface area contributed by atoms with Crippen molar-refractivity contribution in [3.05, 3.63) is 59.2 Å². The fourth-order valence-electron chi connectivity index (χ4n) is 2.98. The fraction of sp³-hybridized carbons (Fsp3) is 0.250. The highest BCUT2D eigenvalue weighted by Gasteiger charge is 2.30. The number of carbonyl (C=O) groups is 3. The normalized spacial score (nSPS) is 14.1. The highest BCUT2D eigenvalue weighted by atomic mass is 16.2. The molecular weight excluding hydrogens is 330 g/mol. The third kappa shape index (κ3) is 3.31. The van der Waals surface area contributed by atoms with Crippen LogP contribution in [0.25, 0.3) is 0 Å². The van der Waals surface area contributed by atoms with E-state index in [2.05, 4.69) is 5.32 Å². The van der Waals surface area contributed by atoms with Crippen LogP contribution in [-0.4, -0.2) is 42.8 Å². The molecular formula is C20H21N3O3. The maximum atomic E-state index is 12.6. The maximum Gasteiger partial charge on any atom is 0.256 e. The molecule has 1 N–H and O–H groups in total. The van der Waals surface area contributed by atoms with E-state index in [-0.39, 0.29) is 30.8 Å². The Hall–Kier alpha value is -3.15. The fourth-order valence-corrected chi connectivity index (χ4v) is 2.98. The third-order valence-electron chi connectivity index (χ3n) is 4.63. The molecule has 3 rings (SSSR count). The van der Waals surface area contributed by atoms with Crippen LogP contribution in [0.15, 0.2) is 42.5 Å². The van der Waals surface area contributed by atoms with Gasteiger partial charge >= 0.3 is 0 Å². The highest BCUT2D eigenvalue weighted by Crippen LogP contribution is 2.25. The van der Waals surface area contributed by atoms with Crippen LogP contribution in [0.4, 0.5) is 11.4 Å². The van der Waals surface area contributed by atoms with Crippen molar-refractivity contribution in [3.63, 3.8) is 0 Å². The zero-order valence-electron chi connectivity index (χ0n) is 15.1. The molecule has 0 fully saturated rings. The van der Waals surface area contributed by atoms with Gasteiger partial charge in [-0.1, -0.05) is 24.3 Å². The first kappa shape index (κ1) is 17.7. The molecule has 0 spiro atoms. The first-order chi connectivity index (χ1) is 12.4. The van der Waals surface area contributed by atoms with Gasteiger partial charge in [-0.05, 0) is 43.2 Å². The average Bonchev–Trinajstić information content (AvgIpc) is 2.70. The smallest absolute Gasteiger partial charge is 0.256 e. The van der Waals surface area contributed by atoms with Gasteiger partial charge in [0.05, 0.1) is 11.3 Å². The van der Waals surface area contributed by atoms with Crippen molar-refractivity contribution in [2.75, 3.05) is 30.4 Å². The van der Waals surface area contributed by atoms with Gasteiger partial charge in [-0.2, -0.15) is 0 Å². The number of aryl methyl sites for hydroxylation is 1. The molecule has 1 heterocycles. The number of amides is 3. The highest BCUT2D eigenvalue weighted by molar-refractivity contribution is 6.12. The summed E-state index contributed by atoms with van der Waals surface area (Å²) < 4.78 is 0. The van der Waals surface area contributed by atoms with Gasteiger partial charge in [0.15, 0.2) is 0 Å². The van der Waals surface area contributed by atoms with Crippen molar-refractivity contribution in [2.45, 2.75) is 13.8 Å². The van der Waals surface area contributed by atoms with Gasteiger partial charge in [0, 0.05) is 12.7 Å². The van der Waals surface area contributed by atoms with Crippen LogP contribution in [0, 0.1) is 13.8 Å². The minimum absolute atomic E-state index is 0.0652.